The normalized spacial score (nSPS) is 10.6. The van der Waals surface area contributed by atoms with Crippen LogP contribution in [-0.4, -0.2) is 50.6 Å². The summed E-state index contributed by atoms with van der Waals surface area (Å²) in [6.45, 7) is 0.0333. The third-order valence-corrected chi connectivity index (χ3v) is 4.19. The number of hydrogen-bond donors (Lipinski definition) is 0. The SMILES string of the molecule is CN(C)C(=O)COc1ccc2ccc(-c3cccnc3N(C)C)cc2c1. The number of hydrogen-bond acceptors (Lipinski definition) is 4. The van der Waals surface area contributed by atoms with E-state index < -0.39 is 0 Å². The number of carbonyl (C=O) groups is 1. The van der Waals surface area contributed by atoms with Gasteiger partial charge in [-0.15, -0.1) is 0 Å². The molecule has 5 heteroatoms. The fourth-order valence-corrected chi connectivity index (χ4v) is 2.73. The average molecular weight is 349 g/mol. The highest BCUT2D eigenvalue weighted by atomic mass is 16.5. The second kappa shape index (κ2) is 7.44. The quantitative estimate of drug-likeness (QED) is 0.708. The Bertz CT molecular complexity index is 935. The number of aromatic nitrogens is 1. The molecule has 1 aromatic heterocycles. The first-order chi connectivity index (χ1) is 12.5. The summed E-state index contributed by atoms with van der Waals surface area (Å²) in [7, 11) is 7.41. The summed E-state index contributed by atoms with van der Waals surface area (Å²) in [6.07, 6.45) is 1.80. The van der Waals surface area contributed by atoms with Gasteiger partial charge in [-0.2, -0.15) is 0 Å². The molecular weight excluding hydrogens is 326 g/mol. The average Bonchev–Trinajstić information content (AvgIpc) is 2.65. The highest BCUT2D eigenvalue weighted by Gasteiger charge is 2.09. The number of ether oxygens (including phenoxy) is 1. The van der Waals surface area contributed by atoms with E-state index >= 15 is 0 Å². The summed E-state index contributed by atoms with van der Waals surface area (Å²) in [6, 6.07) is 16.2. The molecule has 0 N–H and O–H groups in total. The second-order valence-electron chi connectivity index (χ2n) is 6.57. The first-order valence-electron chi connectivity index (χ1n) is 8.45. The standard InChI is InChI=1S/C21H23N3O2/c1-23(2)20(25)14-26-18-10-9-15-7-8-16(12-17(15)13-18)19-6-5-11-22-21(19)24(3)4/h5-13H,14H2,1-4H3. The number of amides is 1. The largest absolute Gasteiger partial charge is 0.484 e. The van der Waals surface area contributed by atoms with Crippen LogP contribution in [0.4, 0.5) is 5.82 Å². The van der Waals surface area contributed by atoms with Gasteiger partial charge in [0.2, 0.25) is 0 Å². The predicted octanol–water partition coefficient (Wildman–Crippen LogP) is 3.43. The lowest BCUT2D eigenvalue weighted by Crippen LogP contribution is -2.27. The lowest BCUT2D eigenvalue weighted by molar-refractivity contribution is -0.130. The maximum Gasteiger partial charge on any atom is 0.259 e. The highest BCUT2D eigenvalue weighted by Crippen LogP contribution is 2.31. The highest BCUT2D eigenvalue weighted by molar-refractivity contribution is 5.90. The molecule has 26 heavy (non-hydrogen) atoms. The fraction of sp³-hybridized carbons (Fsp3) is 0.238. The molecule has 2 aromatic carbocycles. The van der Waals surface area contributed by atoms with Crippen molar-refractivity contribution in [3.05, 3.63) is 54.7 Å². The van der Waals surface area contributed by atoms with Crippen molar-refractivity contribution in [1.82, 2.24) is 9.88 Å². The number of pyridine rings is 1. The van der Waals surface area contributed by atoms with E-state index in [1.165, 1.54) is 4.90 Å². The minimum Gasteiger partial charge on any atom is -0.484 e. The molecule has 0 spiro atoms. The first kappa shape index (κ1) is 17.7. The molecule has 0 saturated heterocycles. The molecule has 0 aliphatic carbocycles. The van der Waals surface area contributed by atoms with Gasteiger partial charge < -0.3 is 14.5 Å². The van der Waals surface area contributed by atoms with Crippen molar-refractivity contribution in [2.75, 3.05) is 39.7 Å². The third kappa shape index (κ3) is 3.77. The van der Waals surface area contributed by atoms with E-state index in [2.05, 4.69) is 29.2 Å². The third-order valence-electron chi connectivity index (χ3n) is 4.19. The van der Waals surface area contributed by atoms with Crippen molar-refractivity contribution in [3.63, 3.8) is 0 Å². The van der Waals surface area contributed by atoms with E-state index in [0.717, 1.165) is 27.7 Å². The van der Waals surface area contributed by atoms with Crippen molar-refractivity contribution >= 4 is 22.5 Å². The van der Waals surface area contributed by atoms with E-state index in [9.17, 15) is 4.79 Å². The predicted molar refractivity (Wildman–Crippen MR) is 106 cm³/mol. The van der Waals surface area contributed by atoms with Crippen LogP contribution in [0.25, 0.3) is 21.9 Å². The van der Waals surface area contributed by atoms with Gasteiger partial charge in [-0.25, -0.2) is 4.98 Å². The zero-order valence-corrected chi connectivity index (χ0v) is 15.6. The Morgan fingerprint density at radius 2 is 1.77 bits per heavy atom. The smallest absolute Gasteiger partial charge is 0.259 e. The molecule has 0 fully saturated rings. The van der Waals surface area contributed by atoms with E-state index in [4.69, 9.17) is 4.74 Å². The van der Waals surface area contributed by atoms with Gasteiger partial charge >= 0.3 is 0 Å². The lowest BCUT2D eigenvalue weighted by atomic mass is 10.0. The molecule has 0 saturated carbocycles. The monoisotopic (exact) mass is 349 g/mol. The van der Waals surface area contributed by atoms with Crippen LogP contribution in [0.15, 0.2) is 54.7 Å². The zero-order valence-electron chi connectivity index (χ0n) is 15.6. The second-order valence-corrected chi connectivity index (χ2v) is 6.57. The van der Waals surface area contributed by atoms with Gasteiger partial charge in [0, 0.05) is 40.0 Å². The van der Waals surface area contributed by atoms with E-state index in [1.807, 2.05) is 43.3 Å². The first-order valence-corrected chi connectivity index (χ1v) is 8.45. The van der Waals surface area contributed by atoms with Crippen molar-refractivity contribution in [2.45, 2.75) is 0 Å². The van der Waals surface area contributed by atoms with Crippen molar-refractivity contribution < 1.29 is 9.53 Å². The van der Waals surface area contributed by atoms with Gasteiger partial charge in [-0.1, -0.05) is 18.2 Å². The molecule has 3 aromatic rings. The van der Waals surface area contributed by atoms with Gasteiger partial charge in [-0.05, 0) is 46.7 Å². The van der Waals surface area contributed by atoms with Crippen LogP contribution in [0.1, 0.15) is 0 Å². The van der Waals surface area contributed by atoms with Crippen molar-refractivity contribution in [1.29, 1.82) is 0 Å². The summed E-state index contributed by atoms with van der Waals surface area (Å²) < 4.78 is 5.63. The summed E-state index contributed by atoms with van der Waals surface area (Å²) in [4.78, 5) is 19.7. The van der Waals surface area contributed by atoms with Gasteiger partial charge in [0.15, 0.2) is 6.61 Å². The Hall–Kier alpha value is -3.08. The van der Waals surface area contributed by atoms with E-state index in [1.54, 1.807) is 20.3 Å². The molecule has 1 heterocycles. The van der Waals surface area contributed by atoms with Crippen LogP contribution < -0.4 is 9.64 Å². The van der Waals surface area contributed by atoms with Crippen molar-refractivity contribution in [2.24, 2.45) is 0 Å². The van der Waals surface area contributed by atoms with Crippen LogP contribution in [0, 0.1) is 0 Å². The minimum atomic E-state index is -0.0650. The Balaban J connectivity index is 1.94. The van der Waals surface area contributed by atoms with Gasteiger partial charge in [0.05, 0.1) is 0 Å². The number of anilines is 1. The molecule has 0 aliphatic heterocycles. The number of rotatable bonds is 5. The number of benzene rings is 2. The summed E-state index contributed by atoms with van der Waals surface area (Å²) in [5.74, 6) is 1.55. The molecule has 0 aliphatic rings. The Morgan fingerprint density at radius 3 is 2.50 bits per heavy atom. The topological polar surface area (TPSA) is 45.7 Å². The van der Waals surface area contributed by atoms with E-state index in [-0.39, 0.29) is 12.5 Å². The Labute approximate surface area is 153 Å². The molecule has 0 bridgehead atoms. The van der Waals surface area contributed by atoms with Gasteiger partial charge in [0.1, 0.15) is 11.6 Å². The molecule has 1 amide bonds. The zero-order chi connectivity index (χ0) is 18.7. The minimum absolute atomic E-state index is 0.0333. The number of fused-ring (bicyclic) bond motifs is 1. The molecule has 0 atom stereocenters. The number of nitrogens with zero attached hydrogens (tertiary/aromatic N) is 3. The molecule has 3 rings (SSSR count). The maximum atomic E-state index is 11.7. The fourth-order valence-electron chi connectivity index (χ4n) is 2.73. The summed E-state index contributed by atoms with van der Waals surface area (Å²) in [5, 5.41) is 2.18. The number of carbonyl (C=O) groups excluding carboxylic acids is 1. The molecule has 0 unspecified atom stereocenters. The van der Waals surface area contributed by atoms with E-state index in [0.29, 0.717) is 5.75 Å². The Morgan fingerprint density at radius 1 is 1.00 bits per heavy atom. The molecular formula is C21H23N3O2. The number of likely N-dealkylation sites (N-methyl/N-ethyl adjacent to an activating group) is 1. The van der Waals surface area contributed by atoms with Crippen LogP contribution in [0.2, 0.25) is 0 Å². The summed E-state index contributed by atoms with van der Waals surface area (Å²) >= 11 is 0. The van der Waals surface area contributed by atoms with Gasteiger partial charge in [-0.3, -0.25) is 4.79 Å². The maximum absolute atomic E-state index is 11.7. The summed E-state index contributed by atoms with van der Waals surface area (Å²) in [5.41, 5.74) is 2.17. The van der Waals surface area contributed by atoms with Gasteiger partial charge in [0.25, 0.3) is 5.91 Å². The van der Waals surface area contributed by atoms with Crippen LogP contribution in [-0.2, 0) is 4.79 Å². The van der Waals surface area contributed by atoms with Crippen LogP contribution in [0.5, 0.6) is 5.75 Å². The van der Waals surface area contributed by atoms with Crippen molar-refractivity contribution in [3.8, 4) is 16.9 Å². The molecule has 134 valence electrons. The molecule has 0 radical (unpaired) electrons. The van der Waals surface area contributed by atoms with Crippen LogP contribution >= 0.6 is 0 Å². The van der Waals surface area contributed by atoms with Crippen LogP contribution in [0.3, 0.4) is 0 Å². The lowest BCUT2D eigenvalue weighted by Gasteiger charge is -2.16. The Kier molecular flexibility index (Phi) is 5.07. The molecule has 5 nitrogen and oxygen atoms in total.